The van der Waals surface area contributed by atoms with Gasteiger partial charge in [0.15, 0.2) is 5.69 Å². The Balaban J connectivity index is 1.64. The summed E-state index contributed by atoms with van der Waals surface area (Å²) in [6.45, 7) is 5.55. The lowest BCUT2D eigenvalue weighted by atomic mass is 10.0. The first-order chi connectivity index (χ1) is 17.2. The summed E-state index contributed by atoms with van der Waals surface area (Å²) in [7, 11) is 5.95. The Morgan fingerprint density at radius 2 is 1.97 bits per heavy atom. The average molecular weight is 489 g/mol. The fourth-order valence-corrected chi connectivity index (χ4v) is 4.13. The second-order valence-corrected chi connectivity index (χ2v) is 9.15. The maximum Gasteiger partial charge on any atom is 0.271 e. The van der Waals surface area contributed by atoms with Crippen LogP contribution in [-0.2, 0) is 7.05 Å². The summed E-state index contributed by atoms with van der Waals surface area (Å²) in [5.74, 6) is -0.0678. The van der Waals surface area contributed by atoms with Crippen LogP contribution < -0.4 is 15.8 Å². The molecule has 0 fully saturated rings. The van der Waals surface area contributed by atoms with Gasteiger partial charge < -0.3 is 20.7 Å². The SMILES string of the molecule is Cc1cn(C)nc1[C@H](C)Nc1c(C(N)=O)nnc2ccc(-c3ccc(OCCCN(C)C)nc3)cc12. The number of aromatic nitrogens is 5. The standard InChI is InChI=1S/C26H32N8O2/c1-16-15-34(5)32-23(16)17(2)29-24-20-13-18(7-9-21(20)30-31-25(24)26(27)35)19-8-10-22(28-14-19)36-12-6-11-33(3)4/h7-10,13-15,17H,6,11-12H2,1-5H3,(H2,27,35)(H,29,30)/t17-/m0/s1. The minimum atomic E-state index is -0.653. The number of nitrogens with one attached hydrogen (secondary N) is 1. The van der Waals surface area contributed by atoms with Crippen LogP contribution in [0.3, 0.4) is 0 Å². The van der Waals surface area contributed by atoms with Crippen molar-refractivity contribution >= 4 is 22.5 Å². The van der Waals surface area contributed by atoms with Crippen molar-refractivity contribution in [3.8, 4) is 17.0 Å². The number of primary amides is 1. The van der Waals surface area contributed by atoms with Crippen LogP contribution in [0.25, 0.3) is 22.0 Å². The third-order valence-corrected chi connectivity index (χ3v) is 5.88. The molecule has 1 atom stereocenters. The molecule has 0 saturated carbocycles. The lowest BCUT2D eigenvalue weighted by Crippen LogP contribution is -2.19. The van der Waals surface area contributed by atoms with E-state index in [0.29, 0.717) is 23.7 Å². The highest BCUT2D eigenvalue weighted by atomic mass is 16.5. The number of amides is 1. The van der Waals surface area contributed by atoms with Gasteiger partial charge in [-0.3, -0.25) is 9.48 Å². The molecule has 10 heteroatoms. The van der Waals surface area contributed by atoms with Gasteiger partial charge in [-0.2, -0.15) is 5.10 Å². The van der Waals surface area contributed by atoms with Crippen molar-refractivity contribution in [1.82, 2.24) is 29.9 Å². The van der Waals surface area contributed by atoms with E-state index in [4.69, 9.17) is 10.5 Å². The predicted octanol–water partition coefficient (Wildman–Crippen LogP) is 3.34. The summed E-state index contributed by atoms with van der Waals surface area (Å²) >= 11 is 0. The van der Waals surface area contributed by atoms with Gasteiger partial charge in [-0.1, -0.05) is 6.07 Å². The van der Waals surface area contributed by atoms with E-state index in [9.17, 15) is 4.79 Å². The second-order valence-electron chi connectivity index (χ2n) is 9.15. The first-order valence-electron chi connectivity index (χ1n) is 11.8. The zero-order valence-corrected chi connectivity index (χ0v) is 21.3. The lowest BCUT2D eigenvalue weighted by molar-refractivity contribution is 0.0995. The largest absolute Gasteiger partial charge is 0.478 e. The Morgan fingerprint density at radius 1 is 1.19 bits per heavy atom. The molecule has 0 spiro atoms. The number of pyridine rings is 1. The minimum absolute atomic E-state index is 0.0830. The molecular weight excluding hydrogens is 456 g/mol. The van der Waals surface area contributed by atoms with Crippen molar-refractivity contribution in [2.45, 2.75) is 26.3 Å². The number of nitrogens with two attached hydrogens (primary N) is 1. The van der Waals surface area contributed by atoms with Gasteiger partial charge in [0.25, 0.3) is 5.91 Å². The summed E-state index contributed by atoms with van der Waals surface area (Å²) in [5.41, 5.74) is 10.7. The van der Waals surface area contributed by atoms with Gasteiger partial charge in [-0.05, 0) is 63.7 Å². The smallest absolute Gasteiger partial charge is 0.271 e. The van der Waals surface area contributed by atoms with Gasteiger partial charge in [0.2, 0.25) is 5.88 Å². The molecule has 0 bridgehead atoms. The zero-order valence-electron chi connectivity index (χ0n) is 21.3. The van der Waals surface area contributed by atoms with Crippen LogP contribution in [0.1, 0.15) is 41.1 Å². The van der Waals surface area contributed by atoms with Gasteiger partial charge in [0.05, 0.1) is 29.5 Å². The van der Waals surface area contributed by atoms with E-state index >= 15 is 0 Å². The normalized spacial score (nSPS) is 12.2. The van der Waals surface area contributed by atoms with E-state index < -0.39 is 5.91 Å². The summed E-state index contributed by atoms with van der Waals surface area (Å²) in [4.78, 5) is 18.8. The topological polar surface area (TPSA) is 124 Å². The van der Waals surface area contributed by atoms with Crippen molar-refractivity contribution in [2.75, 3.05) is 32.6 Å². The molecule has 188 valence electrons. The van der Waals surface area contributed by atoms with E-state index in [2.05, 4.69) is 30.5 Å². The Morgan fingerprint density at radius 3 is 2.61 bits per heavy atom. The Bertz CT molecular complexity index is 1360. The van der Waals surface area contributed by atoms with Gasteiger partial charge >= 0.3 is 0 Å². The first-order valence-corrected chi connectivity index (χ1v) is 11.8. The second kappa shape index (κ2) is 10.7. The van der Waals surface area contributed by atoms with Gasteiger partial charge in [-0.15, -0.1) is 10.2 Å². The molecule has 3 aromatic heterocycles. The average Bonchev–Trinajstić information content (AvgIpc) is 3.19. The van der Waals surface area contributed by atoms with Crippen molar-refractivity contribution in [3.05, 3.63) is 59.7 Å². The predicted molar refractivity (Wildman–Crippen MR) is 140 cm³/mol. The van der Waals surface area contributed by atoms with Crippen molar-refractivity contribution in [3.63, 3.8) is 0 Å². The molecule has 36 heavy (non-hydrogen) atoms. The summed E-state index contributed by atoms with van der Waals surface area (Å²) in [5, 5.41) is 17.0. The van der Waals surface area contributed by atoms with Crippen molar-refractivity contribution in [1.29, 1.82) is 0 Å². The molecule has 10 nitrogen and oxygen atoms in total. The fraction of sp³-hybridized carbons (Fsp3) is 0.346. The number of carbonyl (C=O) groups excluding carboxylic acids is 1. The van der Waals surface area contributed by atoms with Gasteiger partial charge in [0, 0.05) is 43.0 Å². The molecule has 3 N–H and O–H groups in total. The maximum atomic E-state index is 12.2. The summed E-state index contributed by atoms with van der Waals surface area (Å²) in [6.07, 6.45) is 4.65. The molecule has 0 aliphatic heterocycles. The lowest BCUT2D eigenvalue weighted by Gasteiger charge is -2.18. The number of rotatable bonds is 10. The van der Waals surface area contributed by atoms with Gasteiger partial charge in [-0.25, -0.2) is 4.98 Å². The number of hydrogen-bond acceptors (Lipinski definition) is 8. The number of nitrogens with zero attached hydrogens (tertiary/aromatic N) is 6. The van der Waals surface area contributed by atoms with Crippen LogP contribution in [0, 0.1) is 6.92 Å². The molecule has 1 amide bonds. The molecule has 3 heterocycles. The maximum absolute atomic E-state index is 12.2. The van der Waals surface area contributed by atoms with Crippen LogP contribution in [0.5, 0.6) is 5.88 Å². The molecule has 0 radical (unpaired) electrons. The van der Waals surface area contributed by atoms with Crippen LogP contribution in [0.4, 0.5) is 5.69 Å². The Kier molecular flexibility index (Phi) is 7.44. The molecular formula is C26H32N8O2. The van der Waals surface area contributed by atoms with E-state index in [0.717, 1.165) is 40.7 Å². The van der Waals surface area contributed by atoms with Crippen LogP contribution in [0.2, 0.25) is 0 Å². The van der Waals surface area contributed by atoms with Crippen LogP contribution in [0.15, 0.2) is 42.7 Å². The molecule has 4 rings (SSSR count). The highest BCUT2D eigenvalue weighted by molar-refractivity contribution is 6.05. The number of benzene rings is 1. The number of fused-ring (bicyclic) bond motifs is 1. The Labute approximate surface area is 210 Å². The van der Waals surface area contributed by atoms with E-state index in [1.54, 1.807) is 10.9 Å². The number of ether oxygens (including phenoxy) is 1. The molecule has 0 aliphatic rings. The third-order valence-electron chi connectivity index (χ3n) is 5.88. The first kappa shape index (κ1) is 25.1. The highest BCUT2D eigenvalue weighted by Crippen LogP contribution is 2.32. The molecule has 1 aromatic carbocycles. The van der Waals surface area contributed by atoms with Gasteiger partial charge in [0.1, 0.15) is 0 Å². The number of carbonyl (C=O) groups is 1. The molecule has 4 aromatic rings. The third kappa shape index (κ3) is 5.60. The van der Waals surface area contributed by atoms with Crippen molar-refractivity contribution in [2.24, 2.45) is 12.8 Å². The summed E-state index contributed by atoms with van der Waals surface area (Å²) in [6, 6.07) is 9.42. The van der Waals surface area contributed by atoms with Crippen LogP contribution >= 0.6 is 0 Å². The Hall–Kier alpha value is -4.05. The highest BCUT2D eigenvalue weighted by Gasteiger charge is 2.20. The fourth-order valence-electron chi connectivity index (χ4n) is 4.13. The zero-order chi connectivity index (χ0) is 25.8. The monoisotopic (exact) mass is 488 g/mol. The molecule has 0 unspecified atom stereocenters. The number of anilines is 1. The number of hydrogen-bond donors (Lipinski definition) is 2. The van der Waals surface area contributed by atoms with E-state index in [-0.39, 0.29) is 11.7 Å². The van der Waals surface area contributed by atoms with Crippen molar-refractivity contribution < 1.29 is 9.53 Å². The molecule has 0 aliphatic carbocycles. The van der Waals surface area contributed by atoms with E-state index in [1.165, 1.54) is 0 Å². The van der Waals surface area contributed by atoms with E-state index in [1.807, 2.05) is 71.5 Å². The quantitative estimate of drug-likeness (QED) is 0.326. The molecule has 0 saturated heterocycles. The van der Waals surface area contributed by atoms with Crippen LogP contribution in [-0.4, -0.2) is 63.0 Å². The number of aryl methyl sites for hydroxylation is 2. The summed E-state index contributed by atoms with van der Waals surface area (Å²) < 4.78 is 7.52. The minimum Gasteiger partial charge on any atom is -0.478 e.